The van der Waals surface area contributed by atoms with Crippen molar-refractivity contribution in [2.45, 2.75) is 36.9 Å². The fourth-order valence-electron chi connectivity index (χ4n) is 4.51. The highest BCUT2D eigenvalue weighted by Crippen LogP contribution is 2.34. The summed E-state index contributed by atoms with van der Waals surface area (Å²) >= 11 is 2.91. The van der Waals surface area contributed by atoms with E-state index in [0.29, 0.717) is 49.8 Å². The van der Waals surface area contributed by atoms with Crippen LogP contribution in [0.2, 0.25) is 0 Å². The number of hydrogen-bond acceptors (Lipinski definition) is 7. The second kappa shape index (κ2) is 8.40. The van der Waals surface area contributed by atoms with Crippen LogP contribution in [0.4, 0.5) is 5.13 Å². The molecule has 170 valence electrons. The summed E-state index contributed by atoms with van der Waals surface area (Å²) in [6.45, 7) is 7.16. The molecule has 2 aliphatic heterocycles. The maximum atomic E-state index is 13.3. The van der Waals surface area contributed by atoms with E-state index in [2.05, 4.69) is 30.9 Å². The first-order chi connectivity index (χ1) is 15.4. The van der Waals surface area contributed by atoms with Gasteiger partial charge in [-0.2, -0.15) is 4.31 Å². The summed E-state index contributed by atoms with van der Waals surface area (Å²) in [6.07, 6.45) is 1.30. The number of thiophene rings is 1. The fraction of sp³-hybridized carbons (Fsp3) is 0.455. The smallest absolute Gasteiger partial charge is 0.253 e. The minimum Gasteiger partial charge on any atom is -0.345 e. The van der Waals surface area contributed by atoms with Crippen molar-refractivity contribution in [3.05, 3.63) is 40.8 Å². The van der Waals surface area contributed by atoms with Gasteiger partial charge < -0.3 is 9.80 Å². The van der Waals surface area contributed by atoms with Crippen LogP contribution in [-0.4, -0.2) is 67.3 Å². The van der Waals surface area contributed by atoms with Gasteiger partial charge in [0, 0.05) is 32.7 Å². The van der Waals surface area contributed by atoms with E-state index in [1.165, 1.54) is 31.5 Å². The number of piperazine rings is 1. The maximum absolute atomic E-state index is 13.3. The van der Waals surface area contributed by atoms with Gasteiger partial charge in [-0.3, -0.25) is 4.79 Å². The molecule has 1 atom stereocenters. The number of nitrogens with zero attached hydrogens (tertiary/aromatic N) is 4. The highest BCUT2D eigenvalue weighted by molar-refractivity contribution is 7.91. The third kappa shape index (κ3) is 3.72. The first-order valence-electron chi connectivity index (χ1n) is 10.8. The molecule has 0 radical (unpaired) electrons. The lowest BCUT2D eigenvalue weighted by Gasteiger charge is -2.37. The van der Waals surface area contributed by atoms with Crippen LogP contribution < -0.4 is 4.90 Å². The number of aryl methyl sites for hydroxylation is 2. The zero-order valence-electron chi connectivity index (χ0n) is 18.2. The van der Waals surface area contributed by atoms with Gasteiger partial charge >= 0.3 is 0 Å². The van der Waals surface area contributed by atoms with Crippen LogP contribution in [0.1, 0.15) is 24.0 Å². The Morgan fingerprint density at radius 2 is 1.81 bits per heavy atom. The molecule has 0 N–H and O–H groups in total. The maximum Gasteiger partial charge on any atom is 0.253 e. The Morgan fingerprint density at radius 1 is 1.06 bits per heavy atom. The van der Waals surface area contributed by atoms with E-state index in [-0.39, 0.29) is 5.91 Å². The van der Waals surface area contributed by atoms with Crippen LogP contribution in [0.3, 0.4) is 0 Å². The third-order valence-corrected chi connectivity index (χ3v) is 10.9. The molecule has 7 nitrogen and oxygen atoms in total. The van der Waals surface area contributed by atoms with Crippen LogP contribution >= 0.6 is 22.7 Å². The molecule has 1 amide bonds. The van der Waals surface area contributed by atoms with Gasteiger partial charge in [-0.25, -0.2) is 13.4 Å². The predicted octanol–water partition coefficient (Wildman–Crippen LogP) is 3.48. The molecule has 5 rings (SSSR count). The molecule has 0 spiro atoms. The molecule has 0 saturated carbocycles. The number of carbonyl (C=O) groups is 1. The SMILES string of the molecule is Cc1ccc(C)c2sc(N3CCN(C(=O)[C@H]4CCCN4S(=O)(=O)c4cccs4)CC3)nc12. The topological polar surface area (TPSA) is 73.8 Å². The first kappa shape index (κ1) is 21.8. The fourth-order valence-corrected chi connectivity index (χ4v) is 8.45. The molecular weight excluding hydrogens is 464 g/mol. The van der Waals surface area contributed by atoms with E-state index in [9.17, 15) is 13.2 Å². The second-order valence-electron chi connectivity index (χ2n) is 8.39. The van der Waals surface area contributed by atoms with E-state index >= 15 is 0 Å². The highest BCUT2D eigenvalue weighted by atomic mass is 32.2. The number of sulfonamides is 1. The van der Waals surface area contributed by atoms with E-state index in [1.54, 1.807) is 28.8 Å². The minimum atomic E-state index is -3.62. The normalized spacial score (nSPS) is 20.4. The summed E-state index contributed by atoms with van der Waals surface area (Å²) in [5.41, 5.74) is 3.47. The van der Waals surface area contributed by atoms with Crippen molar-refractivity contribution in [3.63, 3.8) is 0 Å². The average molecular weight is 491 g/mol. The molecule has 4 heterocycles. The Labute approximate surface area is 196 Å². The molecule has 2 saturated heterocycles. The zero-order valence-corrected chi connectivity index (χ0v) is 20.6. The van der Waals surface area contributed by atoms with Crippen LogP contribution in [0, 0.1) is 13.8 Å². The molecule has 1 aromatic carbocycles. The monoisotopic (exact) mass is 490 g/mol. The number of rotatable bonds is 4. The largest absolute Gasteiger partial charge is 0.345 e. The number of hydrogen-bond donors (Lipinski definition) is 0. The third-order valence-electron chi connectivity index (χ3n) is 6.34. The predicted molar refractivity (Wildman–Crippen MR) is 129 cm³/mol. The van der Waals surface area contributed by atoms with Crippen LogP contribution in [0.25, 0.3) is 10.2 Å². The summed E-state index contributed by atoms with van der Waals surface area (Å²) < 4.78 is 29.0. The highest BCUT2D eigenvalue weighted by Gasteiger charge is 2.42. The molecular formula is C22H26N4O3S3. The van der Waals surface area contributed by atoms with E-state index in [4.69, 9.17) is 4.98 Å². The zero-order chi connectivity index (χ0) is 22.5. The summed E-state index contributed by atoms with van der Waals surface area (Å²) in [7, 11) is -3.62. The van der Waals surface area contributed by atoms with Gasteiger partial charge in [0.2, 0.25) is 5.91 Å². The molecule has 10 heteroatoms. The molecule has 32 heavy (non-hydrogen) atoms. The summed E-state index contributed by atoms with van der Waals surface area (Å²) in [5, 5.41) is 2.75. The Kier molecular flexibility index (Phi) is 5.73. The standard InChI is InChI=1S/C22H26N4O3S3/c1-15-7-8-16(2)20-19(15)23-22(31-20)25-12-10-24(11-13-25)21(27)17-5-3-9-26(17)32(28,29)18-6-4-14-30-18/h4,6-8,14,17H,3,5,9-13H2,1-2H3/t17-/m1/s1. The summed E-state index contributed by atoms with van der Waals surface area (Å²) in [4.78, 5) is 22.2. The number of thiazole rings is 1. The van der Waals surface area contributed by atoms with E-state index in [0.717, 1.165) is 10.6 Å². The van der Waals surface area contributed by atoms with E-state index < -0.39 is 16.1 Å². The van der Waals surface area contributed by atoms with Gasteiger partial charge in [-0.1, -0.05) is 29.5 Å². The number of anilines is 1. The van der Waals surface area contributed by atoms with Crippen molar-refractivity contribution in [3.8, 4) is 0 Å². The van der Waals surface area contributed by atoms with Crippen molar-refractivity contribution < 1.29 is 13.2 Å². The van der Waals surface area contributed by atoms with Crippen molar-refractivity contribution in [2.75, 3.05) is 37.6 Å². The number of fused-ring (bicyclic) bond motifs is 1. The number of carbonyl (C=O) groups excluding carboxylic acids is 1. The summed E-state index contributed by atoms with van der Waals surface area (Å²) in [5.74, 6) is -0.0710. The quantitative estimate of drug-likeness (QED) is 0.560. The second-order valence-corrected chi connectivity index (χ2v) is 12.4. The van der Waals surface area contributed by atoms with E-state index in [1.807, 2.05) is 4.90 Å². The van der Waals surface area contributed by atoms with Crippen LogP contribution in [0.5, 0.6) is 0 Å². The van der Waals surface area contributed by atoms with Gasteiger partial charge in [0.25, 0.3) is 10.0 Å². The first-order valence-corrected chi connectivity index (χ1v) is 14.0. The van der Waals surface area contributed by atoms with Gasteiger partial charge in [-0.05, 0) is 49.3 Å². The molecule has 2 fully saturated rings. The lowest BCUT2D eigenvalue weighted by Crippen LogP contribution is -2.54. The molecule has 2 aliphatic rings. The average Bonchev–Trinajstić information content (AvgIpc) is 3.56. The van der Waals surface area contributed by atoms with Crippen molar-refractivity contribution in [2.24, 2.45) is 0 Å². The molecule has 0 aliphatic carbocycles. The number of benzene rings is 1. The van der Waals surface area contributed by atoms with Crippen molar-refractivity contribution in [1.82, 2.24) is 14.2 Å². The van der Waals surface area contributed by atoms with Gasteiger partial charge in [0.05, 0.1) is 10.2 Å². The molecule has 2 aromatic heterocycles. The van der Waals surface area contributed by atoms with Crippen LogP contribution in [-0.2, 0) is 14.8 Å². The Morgan fingerprint density at radius 3 is 2.50 bits per heavy atom. The van der Waals surface area contributed by atoms with Gasteiger partial charge in [0.15, 0.2) is 5.13 Å². The minimum absolute atomic E-state index is 0.0710. The van der Waals surface area contributed by atoms with Gasteiger partial charge in [-0.15, -0.1) is 11.3 Å². The number of aromatic nitrogens is 1. The summed E-state index contributed by atoms with van der Waals surface area (Å²) in [6, 6.07) is 6.99. The molecule has 0 unspecified atom stereocenters. The van der Waals surface area contributed by atoms with Crippen molar-refractivity contribution >= 4 is 54.0 Å². The lowest BCUT2D eigenvalue weighted by atomic mass is 10.1. The number of amides is 1. The lowest BCUT2D eigenvalue weighted by molar-refractivity contribution is -0.134. The van der Waals surface area contributed by atoms with Gasteiger partial charge in [0.1, 0.15) is 10.3 Å². The van der Waals surface area contributed by atoms with Crippen LogP contribution in [0.15, 0.2) is 33.9 Å². The molecule has 0 bridgehead atoms. The van der Waals surface area contributed by atoms with Crippen molar-refractivity contribution in [1.29, 1.82) is 0 Å². The Hall–Kier alpha value is -2.01. The Bertz CT molecular complexity index is 1210. The molecule has 3 aromatic rings. The Balaban J connectivity index is 1.29.